The van der Waals surface area contributed by atoms with Crippen molar-refractivity contribution < 1.29 is 19.0 Å². The molecule has 2 aromatic rings. The first-order valence-electron chi connectivity index (χ1n) is 7.64. The van der Waals surface area contributed by atoms with Crippen molar-refractivity contribution in [3.63, 3.8) is 0 Å². The average Bonchev–Trinajstić information content (AvgIpc) is 2.61. The van der Waals surface area contributed by atoms with Gasteiger partial charge in [0.1, 0.15) is 12.4 Å². The van der Waals surface area contributed by atoms with Gasteiger partial charge >= 0.3 is 0 Å². The summed E-state index contributed by atoms with van der Waals surface area (Å²) < 4.78 is 16.2. The van der Waals surface area contributed by atoms with E-state index < -0.39 is 0 Å². The summed E-state index contributed by atoms with van der Waals surface area (Å²) in [5.74, 6) is 1.54. The molecule has 0 spiro atoms. The smallest absolute Gasteiger partial charge is 0.255 e. The number of nitrogens with one attached hydrogen (secondary N) is 1. The number of hydrogen-bond donors (Lipinski definition) is 1. The van der Waals surface area contributed by atoms with Crippen molar-refractivity contribution in [1.29, 1.82) is 0 Å². The first-order valence-corrected chi connectivity index (χ1v) is 7.64. The van der Waals surface area contributed by atoms with Crippen molar-refractivity contribution in [2.24, 2.45) is 0 Å². The Balaban J connectivity index is 2.18. The zero-order valence-corrected chi connectivity index (χ0v) is 13.9. The molecule has 0 heterocycles. The van der Waals surface area contributed by atoms with Gasteiger partial charge in [0.2, 0.25) is 0 Å². The van der Waals surface area contributed by atoms with Crippen LogP contribution in [0.1, 0.15) is 17.3 Å². The van der Waals surface area contributed by atoms with Gasteiger partial charge in [-0.25, -0.2) is 0 Å². The summed E-state index contributed by atoms with van der Waals surface area (Å²) in [5.41, 5.74) is 1.14. The van der Waals surface area contributed by atoms with E-state index in [1.54, 1.807) is 43.5 Å². The highest BCUT2D eigenvalue weighted by Crippen LogP contribution is 2.29. The molecule has 0 aromatic heterocycles. The third-order valence-corrected chi connectivity index (χ3v) is 3.19. The van der Waals surface area contributed by atoms with Crippen LogP contribution in [0.2, 0.25) is 0 Å². The number of ether oxygens (including phenoxy) is 3. The van der Waals surface area contributed by atoms with Crippen molar-refractivity contribution in [3.8, 4) is 17.2 Å². The van der Waals surface area contributed by atoms with E-state index in [2.05, 4.69) is 11.9 Å². The predicted molar refractivity (Wildman–Crippen MR) is 94.3 cm³/mol. The summed E-state index contributed by atoms with van der Waals surface area (Å²) in [4.78, 5) is 12.4. The third-order valence-electron chi connectivity index (χ3n) is 3.19. The SMILES string of the molecule is C=CCOc1ccc(C(=O)Nc2cccc(OC)c2)cc1OCC. The number of carbonyl (C=O) groups excluding carboxylic acids is 1. The molecule has 0 aliphatic heterocycles. The second-order valence-electron chi connectivity index (χ2n) is 4.88. The van der Waals surface area contributed by atoms with Crippen LogP contribution in [0, 0.1) is 0 Å². The molecule has 0 saturated heterocycles. The Morgan fingerprint density at radius 2 is 2.00 bits per heavy atom. The molecular formula is C19H21NO4. The largest absolute Gasteiger partial charge is 0.497 e. The minimum Gasteiger partial charge on any atom is -0.497 e. The standard InChI is InChI=1S/C19H21NO4/c1-4-11-24-17-10-9-14(12-18(17)23-5-2)19(21)20-15-7-6-8-16(13-15)22-3/h4,6-10,12-13H,1,5,11H2,2-3H3,(H,20,21). The molecule has 0 fully saturated rings. The zero-order valence-electron chi connectivity index (χ0n) is 13.9. The summed E-state index contributed by atoms with van der Waals surface area (Å²) in [5, 5.41) is 2.83. The molecular weight excluding hydrogens is 306 g/mol. The maximum Gasteiger partial charge on any atom is 0.255 e. The van der Waals surface area contributed by atoms with E-state index in [9.17, 15) is 4.79 Å². The Morgan fingerprint density at radius 3 is 2.71 bits per heavy atom. The van der Waals surface area contributed by atoms with Crippen LogP contribution < -0.4 is 19.5 Å². The van der Waals surface area contributed by atoms with Gasteiger partial charge in [-0.05, 0) is 37.3 Å². The van der Waals surface area contributed by atoms with Crippen molar-refractivity contribution >= 4 is 11.6 Å². The molecule has 0 aliphatic rings. The second-order valence-corrected chi connectivity index (χ2v) is 4.88. The topological polar surface area (TPSA) is 56.8 Å². The van der Waals surface area contributed by atoms with Gasteiger partial charge in [0.15, 0.2) is 11.5 Å². The van der Waals surface area contributed by atoms with E-state index in [0.29, 0.717) is 41.7 Å². The van der Waals surface area contributed by atoms with Crippen molar-refractivity contribution in [2.75, 3.05) is 25.6 Å². The van der Waals surface area contributed by atoms with Gasteiger partial charge in [-0.2, -0.15) is 0 Å². The Kier molecular flexibility index (Phi) is 6.25. The van der Waals surface area contributed by atoms with E-state index in [1.165, 1.54) is 0 Å². The monoisotopic (exact) mass is 327 g/mol. The number of anilines is 1. The van der Waals surface area contributed by atoms with Crippen LogP contribution in [0.4, 0.5) is 5.69 Å². The fraction of sp³-hybridized carbons (Fsp3) is 0.211. The van der Waals surface area contributed by atoms with Gasteiger partial charge in [-0.1, -0.05) is 18.7 Å². The first-order chi connectivity index (χ1) is 11.7. The van der Waals surface area contributed by atoms with Crippen molar-refractivity contribution in [1.82, 2.24) is 0 Å². The molecule has 1 amide bonds. The zero-order chi connectivity index (χ0) is 17.4. The molecule has 0 bridgehead atoms. The molecule has 1 N–H and O–H groups in total. The maximum absolute atomic E-state index is 12.4. The summed E-state index contributed by atoms with van der Waals surface area (Å²) in [6.45, 7) is 6.34. The van der Waals surface area contributed by atoms with Gasteiger partial charge in [-0.3, -0.25) is 4.79 Å². The van der Waals surface area contributed by atoms with Crippen LogP contribution in [0.3, 0.4) is 0 Å². The molecule has 5 heteroatoms. The predicted octanol–water partition coefficient (Wildman–Crippen LogP) is 3.91. The lowest BCUT2D eigenvalue weighted by Gasteiger charge is -2.13. The summed E-state index contributed by atoms with van der Waals surface area (Å²) in [6, 6.07) is 12.2. The molecule has 126 valence electrons. The minimum absolute atomic E-state index is 0.237. The minimum atomic E-state index is -0.237. The lowest BCUT2D eigenvalue weighted by molar-refractivity contribution is 0.102. The Hall–Kier alpha value is -2.95. The molecule has 2 rings (SSSR count). The maximum atomic E-state index is 12.4. The lowest BCUT2D eigenvalue weighted by atomic mass is 10.1. The second kappa shape index (κ2) is 8.62. The van der Waals surface area contributed by atoms with Crippen LogP contribution in [-0.4, -0.2) is 26.2 Å². The Bertz CT molecular complexity index is 712. The molecule has 5 nitrogen and oxygen atoms in total. The van der Waals surface area contributed by atoms with Gasteiger partial charge in [0.05, 0.1) is 13.7 Å². The summed E-state index contributed by atoms with van der Waals surface area (Å²) >= 11 is 0. The quantitative estimate of drug-likeness (QED) is 0.747. The first kappa shape index (κ1) is 17.4. The highest BCUT2D eigenvalue weighted by molar-refractivity contribution is 6.04. The number of benzene rings is 2. The van der Waals surface area contributed by atoms with Crippen LogP contribution in [0.25, 0.3) is 0 Å². The van der Waals surface area contributed by atoms with E-state index in [-0.39, 0.29) is 5.91 Å². The van der Waals surface area contributed by atoms with Crippen LogP contribution in [0.5, 0.6) is 17.2 Å². The number of methoxy groups -OCH3 is 1. The highest BCUT2D eigenvalue weighted by atomic mass is 16.5. The summed E-state index contributed by atoms with van der Waals surface area (Å²) in [6.07, 6.45) is 1.65. The molecule has 0 saturated carbocycles. The molecule has 0 atom stereocenters. The van der Waals surface area contributed by atoms with Gasteiger partial charge in [-0.15, -0.1) is 0 Å². The fourth-order valence-electron chi connectivity index (χ4n) is 2.09. The average molecular weight is 327 g/mol. The molecule has 0 aliphatic carbocycles. The number of rotatable bonds is 8. The van der Waals surface area contributed by atoms with Crippen molar-refractivity contribution in [3.05, 3.63) is 60.7 Å². The number of carbonyl (C=O) groups is 1. The van der Waals surface area contributed by atoms with Crippen LogP contribution in [0.15, 0.2) is 55.1 Å². The highest BCUT2D eigenvalue weighted by Gasteiger charge is 2.12. The molecule has 24 heavy (non-hydrogen) atoms. The van der Waals surface area contributed by atoms with Gasteiger partial charge in [0.25, 0.3) is 5.91 Å². The fourth-order valence-corrected chi connectivity index (χ4v) is 2.09. The Morgan fingerprint density at radius 1 is 1.17 bits per heavy atom. The van der Waals surface area contributed by atoms with Crippen LogP contribution in [-0.2, 0) is 0 Å². The third kappa shape index (κ3) is 4.52. The molecule has 0 radical (unpaired) electrons. The van der Waals surface area contributed by atoms with Gasteiger partial charge < -0.3 is 19.5 Å². The Labute approximate surface area is 141 Å². The van der Waals surface area contributed by atoms with Gasteiger partial charge in [0, 0.05) is 17.3 Å². The summed E-state index contributed by atoms with van der Waals surface area (Å²) in [7, 11) is 1.58. The number of amides is 1. The van der Waals surface area contributed by atoms with E-state index in [4.69, 9.17) is 14.2 Å². The number of hydrogen-bond acceptors (Lipinski definition) is 4. The van der Waals surface area contributed by atoms with E-state index in [1.807, 2.05) is 19.1 Å². The molecule has 0 unspecified atom stereocenters. The van der Waals surface area contributed by atoms with E-state index >= 15 is 0 Å². The molecule has 2 aromatic carbocycles. The lowest BCUT2D eigenvalue weighted by Crippen LogP contribution is -2.12. The van der Waals surface area contributed by atoms with Crippen molar-refractivity contribution in [2.45, 2.75) is 6.92 Å². The normalized spacial score (nSPS) is 9.92. The van der Waals surface area contributed by atoms with Crippen LogP contribution >= 0.6 is 0 Å². The van der Waals surface area contributed by atoms with E-state index in [0.717, 1.165) is 0 Å².